The van der Waals surface area contributed by atoms with Gasteiger partial charge in [0.15, 0.2) is 0 Å². The van der Waals surface area contributed by atoms with Crippen molar-refractivity contribution in [2.75, 3.05) is 0 Å². The Morgan fingerprint density at radius 3 is 2.50 bits per heavy atom. The van der Waals surface area contributed by atoms with Crippen molar-refractivity contribution < 1.29 is 0 Å². The van der Waals surface area contributed by atoms with E-state index >= 15 is 0 Å². The van der Waals surface area contributed by atoms with Crippen LogP contribution in [0.25, 0.3) is 0 Å². The van der Waals surface area contributed by atoms with E-state index in [1.54, 1.807) is 0 Å². The molecular weight excluding hydrogens is 122 g/mol. The quantitative estimate of drug-likeness (QED) is 0.512. The fraction of sp³-hybridized carbons (Fsp3) is 0.778. The molecule has 1 fully saturated rings. The largest absolute Gasteiger partial charge is 0.324 e. The van der Waals surface area contributed by atoms with Crippen molar-refractivity contribution in [1.29, 1.82) is 0 Å². The summed E-state index contributed by atoms with van der Waals surface area (Å²) in [5.41, 5.74) is 8.87. The van der Waals surface area contributed by atoms with Gasteiger partial charge in [-0.25, -0.2) is 0 Å². The van der Waals surface area contributed by atoms with Crippen LogP contribution in [0.15, 0.2) is 11.1 Å². The lowest BCUT2D eigenvalue weighted by Crippen LogP contribution is -2.26. The Balaban J connectivity index is 2.65. The van der Waals surface area contributed by atoms with E-state index in [0.717, 1.165) is 0 Å². The predicted octanol–water partition coefficient (Wildman–Crippen LogP) is 2.22. The van der Waals surface area contributed by atoms with Gasteiger partial charge in [0.2, 0.25) is 0 Å². The Morgan fingerprint density at radius 1 is 1.40 bits per heavy atom. The summed E-state index contributed by atoms with van der Waals surface area (Å²) >= 11 is 0. The molecule has 0 saturated heterocycles. The summed E-state index contributed by atoms with van der Waals surface area (Å²) in [7, 11) is 0. The molecule has 0 spiro atoms. The van der Waals surface area contributed by atoms with Crippen molar-refractivity contribution in [2.45, 2.75) is 45.6 Å². The van der Waals surface area contributed by atoms with Crippen LogP contribution in [-0.4, -0.2) is 6.04 Å². The molecule has 1 aliphatic rings. The highest BCUT2D eigenvalue weighted by atomic mass is 14.6. The third-order valence-electron chi connectivity index (χ3n) is 2.30. The van der Waals surface area contributed by atoms with Gasteiger partial charge in [-0.05, 0) is 33.1 Å². The summed E-state index contributed by atoms with van der Waals surface area (Å²) in [6, 6.07) is 0.374. The van der Waals surface area contributed by atoms with E-state index in [9.17, 15) is 0 Å². The lowest BCUT2D eigenvalue weighted by Gasteiger charge is -2.22. The van der Waals surface area contributed by atoms with E-state index < -0.39 is 0 Å². The predicted molar refractivity (Wildman–Crippen MR) is 44.8 cm³/mol. The summed E-state index contributed by atoms with van der Waals surface area (Å²) in [4.78, 5) is 0. The minimum atomic E-state index is 0.374. The van der Waals surface area contributed by atoms with E-state index in [1.807, 2.05) is 0 Å². The standard InChI is InChI=1S/C9H17N/c1-7(2)8-5-3-4-6-9(8)10/h9H,3-6,10H2,1-2H3. The highest BCUT2D eigenvalue weighted by molar-refractivity contribution is 5.17. The van der Waals surface area contributed by atoms with Crippen molar-refractivity contribution in [3.05, 3.63) is 11.1 Å². The second-order valence-corrected chi connectivity index (χ2v) is 3.38. The summed E-state index contributed by atoms with van der Waals surface area (Å²) in [6.45, 7) is 4.33. The molecule has 0 aliphatic heterocycles. The van der Waals surface area contributed by atoms with Gasteiger partial charge in [-0.3, -0.25) is 0 Å². The molecule has 10 heavy (non-hydrogen) atoms. The molecular formula is C9H17N. The maximum absolute atomic E-state index is 5.92. The van der Waals surface area contributed by atoms with Gasteiger partial charge in [0.1, 0.15) is 0 Å². The number of nitrogens with two attached hydrogens (primary N) is 1. The van der Waals surface area contributed by atoms with Crippen LogP contribution in [0.1, 0.15) is 39.5 Å². The van der Waals surface area contributed by atoms with Crippen LogP contribution in [0.4, 0.5) is 0 Å². The molecule has 0 aromatic rings. The van der Waals surface area contributed by atoms with Gasteiger partial charge in [-0.2, -0.15) is 0 Å². The number of rotatable bonds is 0. The number of hydrogen-bond donors (Lipinski definition) is 1. The van der Waals surface area contributed by atoms with Crippen LogP contribution < -0.4 is 5.73 Å². The third kappa shape index (κ3) is 1.60. The van der Waals surface area contributed by atoms with Gasteiger partial charge >= 0.3 is 0 Å². The van der Waals surface area contributed by atoms with Gasteiger partial charge in [0.05, 0.1) is 0 Å². The van der Waals surface area contributed by atoms with Crippen LogP contribution in [0.2, 0.25) is 0 Å². The molecule has 0 aromatic carbocycles. The van der Waals surface area contributed by atoms with Gasteiger partial charge in [0, 0.05) is 6.04 Å². The van der Waals surface area contributed by atoms with E-state index in [1.165, 1.54) is 36.8 Å². The lowest BCUT2D eigenvalue weighted by atomic mass is 9.88. The molecule has 0 amide bonds. The summed E-state index contributed by atoms with van der Waals surface area (Å²) in [5, 5.41) is 0. The summed E-state index contributed by atoms with van der Waals surface area (Å²) in [6.07, 6.45) is 5.09. The lowest BCUT2D eigenvalue weighted by molar-refractivity contribution is 0.531. The summed E-state index contributed by atoms with van der Waals surface area (Å²) in [5.74, 6) is 0. The monoisotopic (exact) mass is 139 g/mol. The minimum absolute atomic E-state index is 0.374. The molecule has 1 nitrogen and oxygen atoms in total. The first-order valence-corrected chi connectivity index (χ1v) is 4.13. The van der Waals surface area contributed by atoms with Crippen molar-refractivity contribution in [3.8, 4) is 0 Å². The third-order valence-corrected chi connectivity index (χ3v) is 2.30. The molecule has 0 aromatic heterocycles. The topological polar surface area (TPSA) is 26.0 Å². The van der Waals surface area contributed by atoms with Crippen molar-refractivity contribution in [2.24, 2.45) is 5.73 Å². The Labute approximate surface area is 63.3 Å². The maximum atomic E-state index is 5.92. The maximum Gasteiger partial charge on any atom is 0.0256 e. The minimum Gasteiger partial charge on any atom is -0.324 e. The van der Waals surface area contributed by atoms with Gasteiger partial charge in [-0.15, -0.1) is 0 Å². The summed E-state index contributed by atoms with van der Waals surface area (Å²) < 4.78 is 0. The van der Waals surface area contributed by atoms with Crippen LogP contribution in [-0.2, 0) is 0 Å². The number of allylic oxidation sites excluding steroid dienone is 1. The average molecular weight is 139 g/mol. The molecule has 1 aliphatic carbocycles. The zero-order valence-electron chi connectivity index (χ0n) is 6.98. The van der Waals surface area contributed by atoms with Crippen LogP contribution in [0.3, 0.4) is 0 Å². The second kappa shape index (κ2) is 3.20. The molecule has 0 radical (unpaired) electrons. The van der Waals surface area contributed by atoms with Gasteiger partial charge in [-0.1, -0.05) is 17.6 Å². The van der Waals surface area contributed by atoms with Crippen LogP contribution >= 0.6 is 0 Å². The smallest absolute Gasteiger partial charge is 0.0256 e. The van der Waals surface area contributed by atoms with Crippen molar-refractivity contribution in [1.82, 2.24) is 0 Å². The van der Waals surface area contributed by atoms with Gasteiger partial charge < -0.3 is 5.73 Å². The van der Waals surface area contributed by atoms with E-state index in [0.29, 0.717) is 6.04 Å². The fourth-order valence-electron chi connectivity index (χ4n) is 1.66. The van der Waals surface area contributed by atoms with E-state index in [4.69, 9.17) is 5.73 Å². The zero-order valence-corrected chi connectivity index (χ0v) is 6.98. The molecule has 1 saturated carbocycles. The van der Waals surface area contributed by atoms with Crippen molar-refractivity contribution >= 4 is 0 Å². The van der Waals surface area contributed by atoms with E-state index in [2.05, 4.69) is 13.8 Å². The normalized spacial score (nSPS) is 26.7. The Morgan fingerprint density at radius 2 is 2.10 bits per heavy atom. The fourth-order valence-corrected chi connectivity index (χ4v) is 1.66. The molecule has 58 valence electrons. The molecule has 1 unspecified atom stereocenters. The average Bonchev–Trinajstić information content (AvgIpc) is 1.88. The Kier molecular flexibility index (Phi) is 2.50. The molecule has 1 rings (SSSR count). The van der Waals surface area contributed by atoms with E-state index in [-0.39, 0.29) is 0 Å². The molecule has 2 N–H and O–H groups in total. The Hall–Kier alpha value is -0.300. The number of hydrogen-bond acceptors (Lipinski definition) is 1. The molecule has 1 heteroatoms. The van der Waals surface area contributed by atoms with Crippen molar-refractivity contribution in [3.63, 3.8) is 0 Å². The first-order valence-electron chi connectivity index (χ1n) is 4.13. The highest BCUT2D eigenvalue weighted by Crippen LogP contribution is 2.24. The molecule has 1 atom stereocenters. The first-order chi connectivity index (χ1) is 4.72. The van der Waals surface area contributed by atoms with Crippen LogP contribution in [0, 0.1) is 0 Å². The van der Waals surface area contributed by atoms with Crippen LogP contribution in [0.5, 0.6) is 0 Å². The van der Waals surface area contributed by atoms with Gasteiger partial charge in [0.25, 0.3) is 0 Å². The second-order valence-electron chi connectivity index (χ2n) is 3.38. The highest BCUT2D eigenvalue weighted by Gasteiger charge is 2.14. The molecule has 0 heterocycles. The first kappa shape index (κ1) is 7.80. The molecule has 0 bridgehead atoms. The zero-order chi connectivity index (χ0) is 7.56. The Bertz CT molecular complexity index is 143. The SMILES string of the molecule is CC(C)=C1CCCCC1N.